The normalized spacial score (nSPS) is 16.9. The SMILES string of the molecule is C=C(C)C(=NC)NC(=NC)Nc1ccc(N2CCN(C)CC2)cc1. The number of nitrogens with zero attached hydrogens (tertiary/aromatic N) is 4. The van der Waals surface area contributed by atoms with Gasteiger partial charge in [0.2, 0.25) is 5.96 Å². The molecule has 0 aliphatic carbocycles. The highest BCUT2D eigenvalue weighted by Gasteiger charge is 2.14. The minimum Gasteiger partial charge on any atom is -0.369 e. The van der Waals surface area contributed by atoms with Gasteiger partial charge in [0, 0.05) is 51.6 Å². The Labute approximate surface area is 145 Å². The van der Waals surface area contributed by atoms with Crippen molar-refractivity contribution in [2.45, 2.75) is 6.92 Å². The third-order valence-corrected chi connectivity index (χ3v) is 4.09. The molecule has 2 N–H and O–H groups in total. The molecule has 2 rings (SSSR count). The lowest BCUT2D eigenvalue weighted by Gasteiger charge is -2.34. The summed E-state index contributed by atoms with van der Waals surface area (Å²) in [4.78, 5) is 13.2. The minimum atomic E-state index is 0.644. The maximum atomic E-state index is 4.23. The Kier molecular flexibility index (Phi) is 6.37. The van der Waals surface area contributed by atoms with Crippen LogP contribution in [0, 0.1) is 0 Å². The maximum Gasteiger partial charge on any atom is 0.201 e. The topological polar surface area (TPSA) is 55.3 Å². The molecule has 24 heavy (non-hydrogen) atoms. The van der Waals surface area contributed by atoms with E-state index in [0.717, 1.165) is 43.3 Å². The third-order valence-electron chi connectivity index (χ3n) is 4.09. The fraction of sp³-hybridized carbons (Fsp3) is 0.444. The van der Waals surface area contributed by atoms with Gasteiger partial charge in [0.15, 0.2) is 0 Å². The first-order valence-electron chi connectivity index (χ1n) is 8.20. The molecule has 1 aliphatic heterocycles. The second-order valence-corrected chi connectivity index (χ2v) is 6.01. The summed E-state index contributed by atoms with van der Waals surface area (Å²) in [7, 11) is 5.64. The molecule has 0 bridgehead atoms. The number of rotatable bonds is 3. The maximum absolute atomic E-state index is 4.23. The van der Waals surface area contributed by atoms with Gasteiger partial charge in [-0.25, -0.2) is 0 Å². The van der Waals surface area contributed by atoms with Gasteiger partial charge in [-0.1, -0.05) is 6.58 Å². The Morgan fingerprint density at radius 1 is 1.04 bits per heavy atom. The molecular formula is C18H28N6. The van der Waals surface area contributed by atoms with Crippen LogP contribution in [0.4, 0.5) is 11.4 Å². The Hall–Kier alpha value is -2.34. The summed E-state index contributed by atoms with van der Waals surface area (Å²) in [6.45, 7) is 10.2. The van der Waals surface area contributed by atoms with Gasteiger partial charge in [0.05, 0.1) is 0 Å². The van der Waals surface area contributed by atoms with Gasteiger partial charge < -0.3 is 20.4 Å². The van der Waals surface area contributed by atoms with Crippen molar-refractivity contribution in [2.75, 3.05) is 57.5 Å². The molecule has 0 aromatic heterocycles. The molecule has 0 amide bonds. The quantitative estimate of drug-likeness (QED) is 0.658. The van der Waals surface area contributed by atoms with Crippen molar-refractivity contribution in [1.29, 1.82) is 0 Å². The zero-order chi connectivity index (χ0) is 17.5. The van der Waals surface area contributed by atoms with Gasteiger partial charge in [-0.15, -0.1) is 0 Å². The minimum absolute atomic E-state index is 0.644. The van der Waals surface area contributed by atoms with Crippen molar-refractivity contribution in [3.05, 3.63) is 36.4 Å². The second kappa shape index (κ2) is 8.49. The highest BCUT2D eigenvalue weighted by Crippen LogP contribution is 2.19. The molecule has 1 aliphatic rings. The molecular weight excluding hydrogens is 300 g/mol. The van der Waals surface area contributed by atoms with Crippen molar-refractivity contribution in [1.82, 2.24) is 10.2 Å². The van der Waals surface area contributed by atoms with Gasteiger partial charge in [0.1, 0.15) is 5.84 Å². The van der Waals surface area contributed by atoms with Crippen LogP contribution in [0.5, 0.6) is 0 Å². The Balaban J connectivity index is 1.98. The van der Waals surface area contributed by atoms with E-state index >= 15 is 0 Å². The fourth-order valence-corrected chi connectivity index (χ4v) is 2.57. The molecule has 6 heteroatoms. The van der Waals surface area contributed by atoms with Crippen molar-refractivity contribution >= 4 is 23.2 Å². The van der Waals surface area contributed by atoms with Crippen molar-refractivity contribution in [2.24, 2.45) is 9.98 Å². The van der Waals surface area contributed by atoms with E-state index in [1.54, 1.807) is 14.1 Å². The number of hydrogen-bond donors (Lipinski definition) is 2. The van der Waals surface area contributed by atoms with Crippen molar-refractivity contribution < 1.29 is 0 Å². The number of hydrogen-bond acceptors (Lipinski definition) is 4. The number of nitrogens with one attached hydrogen (secondary N) is 2. The standard InChI is InChI=1S/C18H28N6/c1-14(2)17(19-3)22-18(20-4)21-15-6-8-16(9-7-15)24-12-10-23(5)11-13-24/h6-9H,1,10-13H2,2-5H3,(H2,19,20,21,22). The zero-order valence-electron chi connectivity index (χ0n) is 15.1. The molecule has 1 saturated heterocycles. The number of likely N-dealkylation sites (N-methyl/N-ethyl adjacent to an activating group) is 1. The number of benzene rings is 1. The van der Waals surface area contributed by atoms with Crippen molar-refractivity contribution in [3.63, 3.8) is 0 Å². The van der Waals surface area contributed by atoms with Crippen LogP contribution in [0.1, 0.15) is 6.92 Å². The highest BCUT2D eigenvalue weighted by molar-refractivity contribution is 6.11. The molecule has 0 saturated carbocycles. The van der Waals surface area contributed by atoms with Crippen molar-refractivity contribution in [3.8, 4) is 0 Å². The van der Waals surface area contributed by atoms with Crippen LogP contribution in [-0.4, -0.2) is 64.0 Å². The molecule has 0 atom stereocenters. The lowest BCUT2D eigenvalue weighted by molar-refractivity contribution is 0.313. The number of aliphatic imine (C=N–C) groups is 2. The molecule has 1 heterocycles. The molecule has 1 aromatic rings. The molecule has 1 fully saturated rings. The number of amidine groups is 1. The predicted octanol–water partition coefficient (Wildman–Crippen LogP) is 2.03. The third kappa shape index (κ3) is 4.83. The van der Waals surface area contributed by atoms with Crippen LogP contribution in [0.2, 0.25) is 0 Å². The van der Waals surface area contributed by atoms with E-state index < -0.39 is 0 Å². The van der Waals surface area contributed by atoms with Crippen LogP contribution in [0.15, 0.2) is 46.4 Å². The summed E-state index contributed by atoms with van der Waals surface area (Å²) in [6.07, 6.45) is 0. The van der Waals surface area contributed by atoms with E-state index in [4.69, 9.17) is 0 Å². The first kappa shape index (κ1) is 18.0. The first-order chi connectivity index (χ1) is 11.5. The molecule has 0 radical (unpaired) electrons. The highest BCUT2D eigenvalue weighted by atomic mass is 15.2. The molecule has 1 aromatic carbocycles. The van der Waals surface area contributed by atoms with E-state index in [0.29, 0.717) is 5.96 Å². The lowest BCUT2D eigenvalue weighted by Crippen LogP contribution is -2.44. The largest absolute Gasteiger partial charge is 0.369 e. The van der Waals surface area contributed by atoms with E-state index in [1.165, 1.54) is 5.69 Å². The first-order valence-corrected chi connectivity index (χ1v) is 8.20. The summed E-state index contributed by atoms with van der Waals surface area (Å²) < 4.78 is 0. The number of piperazine rings is 1. The van der Waals surface area contributed by atoms with E-state index in [1.807, 2.05) is 6.92 Å². The fourth-order valence-electron chi connectivity index (χ4n) is 2.57. The summed E-state index contributed by atoms with van der Waals surface area (Å²) in [6, 6.07) is 8.44. The van der Waals surface area contributed by atoms with Crippen LogP contribution in [0.25, 0.3) is 0 Å². The second-order valence-electron chi connectivity index (χ2n) is 6.01. The molecule has 0 unspecified atom stereocenters. The number of guanidine groups is 1. The van der Waals surface area contributed by atoms with E-state index in [2.05, 4.69) is 68.3 Å². The molecule has 0 spiro atoms. The monoisotopic (exact) mass is 328 g/mol. The molecule has 130 valence electrons. The van der Waals surface area contributed by atoms with Gasteiger partial charge in [-0.3, -0.25) is 9.98 Å². The van der Waals surface area contributed by atoms with Gasteiger partial charge in [-0.05, 0) is 43.8 Å². The average molecular weight is 328 g/mol. The van der Waals surface area contributed by atoms with Gasteiger partial charge >= 0.3 is 0 Å². The molecule has 6 nitrogen and oxygen atoms in total. The Bertz CT molecular complexity index is 609. The van der Waals surface area contributed by atoms with E-state index in [-0.39, 0.29) is 0 Å². The van der Waals surface area contributed by atoms with Gasteiger partial charge in [-0.2, -0.15) is 0 Å². The zero-order valence-corrected chi connectivity index (χ0v) is 15.1. The predicted molar refractivity (Wildman–Crippen MR) is 104 cm³/mol. The van der Waals surface area contributed by atoms with Crippen LogP contribution in [0.3, 0.4) is 0 Å². The van der Waals surface area contributed by atoms with Gasteiger partial charge in [0.25, 0.3) is 0 Å². The van der Waals surface area contributed by atoms with Crippen LogP contribution >= 0.6 is 0 Å². The lowest BCUT2D eigenvalue weighted by atomic mass is 10.2. The summed E-state index contributed by atoms with van der Waals surface area (Å²) in [5.41, 5.74) is 3.11. The smallest absolute Gasteiger partial charge is 0.201 e. The number of anilines is 2. The Morgan fingerprint density at radius 2 is 1.67 bits per heavy atom. The van der Waals surface area contributed by atoms with Crippen LogP contribution in [-0.2, 0) is 0 Å². The Morgan fingerprint density at radius 3 is 2.17 bits per heavy atom. The van der Waals surface area contributed by atoms with Crippen LogP contribution < -0.4 is 15.5 Å². The van der Waals surface area contributed by atoms with E-state index in [9.17, 15) is 0 Å². The summed E-state index contributed by atoms with van der Waals surface area (Å²) in [5, 5.41) is 6.43. The average Bonchev–Trinajstić information content (AvgIpc) is 2.59. The summed E-state index contributed by atoms with van der Waals surface area (Å²) in [5.74, 6) is 1.36. The summed E-state index contributed by atoms with van der Waals surface area (Å²) >= 11 is 0.